The van der Waals surface area contributed by atoms with Crippen LogP contribution in [0.2, 0.25) is 0 Å². The van der Waals surface area contributed by atoms with E-state index in [1.54, 1.807) is 24.7 Å². The van der Waals surface area contributed by atoms with Gasteiger partial charge in [-0.05, 0) is 24.1 Å². The third-order valence-electron chi connectivity index (χ3n) is 2.87. The number of rotatable bonds is 6. The highest BCUT2D eigenvalue weighted by Gasteiger charge is 2.04. The van der Waals surface area contributed by atoms with Gasteiger partial charge in [0.1, 0.15) is 0 Å². The van der Waals surface area contributed by atoms with Crippen LogP contribution in [-0.2, 0) is 13.0 Å². The molecule has 0 bridgehead atoms. The van der Waals surface area contributed by atoms with Crippen molar-refractivity contribution >= 4 is 12.0 Å². The number of imidazole rings is 1. The lowest BCUT2D eigenvalue weighted by Crippen LogP contribution is -2.36. The summed E-state index contributed by atoms with van der Waals surface area (Å²) in [5.41, 5.74) is 1.93. The zero-order chi connectivity index (χ0) is 15.1. The van der Waals surface area contributed by atoms with E-state index in [-0.39, 0.29) is 11.6 Å². The summed E-state index contributed by atoms with van der Waals surface area (Å²) in [5, 5.41) is 14.3. The monoisotopic (exact) mass is 288 g/mol. The number of amides is 2. The summed E-state index contributed by atoms with van der Waals surface area (Å²) in [6.45, 7) is 0.804. The van der Waals surface area contributed by atoms with Gasteiger partial charge in [-0.2, -0.15) is 0 Å². The van der Waals surface area contributed by atoms with Gasteiger partial charge in [0.2, 0.25) is 0 Å². The Morgan fingerprint density at radius 3 is 2.86 bits per heavy atom. The second kappa shape index (κ2) is 7.09. The number of carbonyl (C=O) groups is 2. The predicted octanol–water partition coefficient (Wildman–Crippen LogP) is 1.15. The Balaban J connectivity index is 1.72. The number of carboxylic acids is 1. The topological polar surface area (TPSA) is 107 Å². The van der Waals surface area contributed by atoms with E-state index in [0.717, 1.165) is 11.3 Å². The smallest absolute Gasteiger partial charge is 0.335 e. The fraction of sp³-hybridized carbons (Fsp3) is 0.214. The summed E-state index contributed by atoms with van der Waals surface area (Å²) in [5.74, 6) is -0.956. The van der Waals surface area contributed by atoms with Gasteiger partial charge in [-0.1, -0.05) is 12.1 Å². The Labute approximate surface area is 121 Å². The second-order valence-corrected chi connectivity index (χ2v) is 4.44. The van der Waals surface area contributed by atoms with Crippen LogP contribution in [0.3, 0.4) is 0 Å². The maximum Gasteiger partial charge on any atom is 0.335 e. The van der Waals surface area contributed by atoms with E-state index in [1.807, 2.05) is 6.07 Å². The molecule has 0 radical (unpaired) electrons. The minimum Gasteiger partial charge on any atom is -0.478 e. The summed E-state index contributed by atoms with van der Waals surface area (Å²) in [6.07, 6.45) is 3.75. The summed E-state index contributed by atoms with van der Waals surface area (Å²) >= 11 is 0. The molecule has 2 amide bonds. The molecule has 1 aromatic heterocycles. The molecule has 0 saturated carbocycles. The van der Waals surface area contributed by atoms with Gasteiger partial charge in [-0.25, -0.2) is 14.6 Å². The van der Waals surface area contributed by atoms with Crippen molar-refractivity contribution in [2.24, 2.45) is 0 Å². The fourth-order valence-corrected chi connectivity index (χ4v) is 1.80. The van der Waals surface area contributed by atoms with Crippen LogP contribution in [0.25, 0.3) is 0 Å². The minimum atomic E-state index is -0.956. The number of urea groups is 1. The number of aromatic amines is 1. The highest BCUT2D eigenvalue weighted by atomic mass is 16.4. The Morgan fingerprint density at radius 1 is 1.29 bits per heavy atom. The molecule has 0 spiro atoms. The molecule has 2 aromatic rings. The molecule has 1 aromatic carbocycles. The van der Waals surface area contributed by atoms with Crippen LogP contribution in [0.4, 0.5) is 4.79 Å². The van der Waals surface area contributed by atoms with Crippen molar-refractivity contribution in [3.05, 3.63) is 53.6 Å². The average Bonchev–Trinajstić information content (AvgIpc) is 2.99. The minimum absolute atomic E-state index is 0.246. The maximum atomic E-state index is 11.6. The van der Waals surface area contributed by atoms with Gasteiger partial charge in [0.15, 0.2) is 0 Å². The van der Waals surface area contributed by atoms with Crippen LogP contribution in [0.15, 0.2) is 36.8 Å². The molecule has 0 aliphatic rings. The van der Waals surface area contributed by atoms with Crippen LogP contribution in [-0.4, -0.2) is 33.6 Å². The first kappa shape index (κ1) is 14.6. The summed E-state index contributed by atoms with van der Waals surface area (Å²) < 4.78 is 0. The molecule has 7 heteroatoms. The average molecular weight is 288 g/mol. The van der Waals surface area contributed by atoms with Gasteiger partial charge in [0.05, 0.1) is 24.1 Å². The summed E-state index contributed by atoms with van der Waals surface area (Å²) in [6, 6.07) is 6.38. The molecule has 4 N–H and O–H groups in total. The number of hydrogen-bond acceptors (Lipinski definition) is 3. The Bertz CT molecular complexity index is 610. The van der Waals surface area contributed by atoms with E-state index in [0.29, 0.717) is 19.5 Å². The van der Waals surface area contributed by atoms with Gasteiger partial charge in [0.25, 0.3) is 0 Å². The standard InChI is InChI=1S/C14H16N4O3/c19-13(20)11-3-1-2-10(6-11)4-5-16-14(21)17-8-12-7-15-9-18-12/h1-3,6-7,9H,4-5,8H2,(H,15,18)(H,19,20)(H2,16,17,21). The van der Waals surface area contributed by atoms with E-state index in [1.165, 1.54) is 6.07 Å². The molecule has 0 fully saturated rings. The van der Waals surface area contributed by atoms with Crippen LogP contribution in [0.1, 0.15) is 21.6 Å². The number of aromatic nitrogens is 2. The quantitative estimate of drug-likeness (QED) is 0.639. The number of H-pyrrole nitrogens is 1. The predicted molar refractivity (Wildman–Crippen MR) is 75.9 cm³/mol. The van der Waals surface area contributed by atoms with Crippen LogP contribution in [0, 0.1) is 0 Å². The first-order chi connectivity index (χ1) is 10.1. The number of carboxylic acid groups (broad SMARTS) is 1. The van der Waals surface area contributed by atoms with Crippen molar-refractivity contribution in [3.8, 4) is 0 Å². The van der Waals surface area contributed by atoms with Gasteiger partial charge < -0.3 is 20.7 Å². The van der Waals surface area contributed by atoms with Crippen molar-refractivity contribution in [2.75, 3.05) is 6.54 Å². The SMILES string of the molecule is O=C(NCCc1cccc(C(=O)O)c1)NCc1cnc[nH]1. The lowest BCUT2D eigenvalue weighted by Gasteiger charge is -2.07. The molecule has 0 aliphatic heterocycles. The molecule has 110 valence electrons. The van der Waals surface area contributed by atoms with Gasteiger partial charge >= 0.3 is 12.0 Å². The van der Waals surface area contributed by atoms with Crippen molar-refractivity contribution in [1.82, 2.24) is 20.6 Å². The molecule has 0 aliphatic carbocycles. The zero-order valence-electron chi connectivity index (χ0n) is 11.3. The van der Waals surface area contributed by atoms with E-state index in [9.17, 15) is 9.59 Å². The lowest BCUT2D eigenvalue weighted by molar-refractivity contribution is 0.0696. The fourth-order valence-electron chi connectivity index (χ4n) is 1.80. The van der Waals surface area contributed by atoms with E-state index >= 15 is 0 Å². The molecule has 0 atom stereocenters. The largest absolute Gasteiger partial charge is 0.478 e. The second-order valence-electron chi connectivity index (χ2n) is 4.44. The van der Waals surface area contributed by atoms with Crippen molar-refractivity contribution in [1.29, 1.82) is 0 Å². The molecule has 21 heavy (non-hydrogen) atoms. The number of aromatic carboxylic acids is 1. The van der Waals surface area contributed by atoms with E-state index in [4.69, 9.17) is 5.11 Å². The number of nitrogens with zero attached hydrogens (tertiary/aromatic N) is 1. The normalized spacial score (nSPS) is 10.1. The Hall–Kier alpha value is -2.83. The van der Waals surface area contributed by atoms with Crippen molar-refractivity contribution in [2.45, 2.75) is 13.0 Å². The van der Waals surface area contributed by atoms with E-state index in [2.05, 4.69) is 20.6 Å². The van der Waals surface area contributed by atoms with Crippen LogP contribution in [0.5, 0.6) is 0 Å². The van der Waals surface area contributed by atoms with Crippen LogP contribution >= 0.6 is 0 Å². The lowest BCUT2D eigenvalue weighted by atomic mass is 10.1. The van der Waals surface area contributed by atoms with Crippen LogP contribution < -0.4 is 10.6 Å². The molecule has 2 rings (SSSR count). The Kier molecular flexibility index (Phi) is 4.92. The number of nitrogens with one attached hydrogen (secondary N) is 3. The molecule has 7 nitrogen and oxygen atoms in total. The third-order valence-corrected chi connectivity index (χ3v) is 2.87. The number of hydrogen-bond donors (Lipinski definition) is 4. The first-order valence-electron chi connectivity index (χ1n) is 6.46. The van der Waals surface area contributed by atoms with Gasteiger partial charge in [-0.3, -0.25) is 0 Å². The maximum absolute atomic E-state index is 11.6. The highest BCUT2D eigenvalue weighted by molar-refractivity contribution is 5.87. The molecule has 1 heterocycles. The zero-order valence-corrected chi connectivity index (χ0v) is 11.3. The highest BCUT2D eigenvalue weighted by Crippen LogP contribution is 2.05. The van der Waals surface area contributed by atoms with Crippen molar-refractivity contribution in [3.63, 3.8) is 0 Å². The van der Waals surface area contributed by atoms with E-state index < -0.39 is 5.97 Å². The molecular weight excluding hydrogens is 272 g/mol. The van der Waals surface area contributed by atoms with Gasteiger partial charge in [0, 0.05) is 12.7 Å². The summed E-state index contributed by atoms with van der Waals surface area (Å²) in [7, 11) is 0. The molecule has 0 unspecified atom stereocenters. The number of benzene rings is 1. The number of carbonyl (C=O) groups excluding carboxylic acids is 1. The van der Waals surface area contributed by atoms with Gasteiger partial charge in [-0.15, -0.1) is 0 Å². The Morgan fingerprint density at radius 2 is 2.14 bits per heavy atom. The van der Waals surface area contributed by atoms with Crippen molar-refractivity contribution < 1.29 is 14.7 Å². The molecular formula is C14H16N4O3. The first-order valence-corrected chi connectivity index (χ1v) is 6.46. The third kappa shape index (κ3) is 4.64. The summed E-state index contributed by atoms with van der Waals surface area (Å²) in [4.78, 5) is 29.1. The molecule has 0 saturated heterocycles.